The lowest BCUT2D eigenvalue weighted by molar-refractivity contribution is 0.0857. The van der Waals surface area contributed by atoms with Crippen LogP contribution < -0.4 is 16.0 Å². The monoisotopic (exact) mass is 356 g/mol. The van der Waals surface area contributed by atoms with Crippen LogP contribution in [0.3, 0.4) is 0 Å². The minimum atomic E-state index is -0.0538. The second-order valence-electron chi connectivity index (χ2n) is 6.76. The van der Waals surface area contributed by atoms with E-state index in [9.17, 15) is 4.79 Å². The molecular weight excluding hydrogens is 328 g/mol. The van der Waals surface area contributed by atoms with Crippen LogP contribution in [0.5, 0.6) is 0 Å². The Morgan fingerprint density at radius 2 is 2.12 bits per heavy atom. The number of carbonyl (C=O) groups excluding carboxylic acids is 1. The van der Waals surface area contributed by atoms with E-state index in [1.165, 1.54) is 0 Å². The lowest BCUT2D eigenvalue weighted by Gasteiger charge is -2.17. The van der Waals surface area contributed by atoms with Gasteiger partial charge in [-0.25, -0.2) is 0 Å². The summed E-state index contributed by atoms with van der Waals surface area (Å²) in [5.41, 5.74) is 1.72. The first kappa shape index (κ1) is 18.5. The molecule has 6 heteroatoms. The molecule has 0 radical (unpaired) electrons. The Hall–Kier alpha value is -2.34. The number of aliphatic imine (C=N–C) groups is 1. The van der Waals surface area contributed by atoms with Crippen molar-refractivity contribution < 1.29 is 9.53 Å². The number of nitrogens with one attached hydrogen (secondary N) is 3. The first-order valence-electron chi connectivity index (χ1n) is 9.35. The summed E-state index contributed by atoms with van der Waals surface area (Å²) in [6.07, 6.45) is 8.68. The van der Waals surface area contributed by atoms with E-state index >= 15 is 0 Å². The summed E-state index contributed by atoms with van der Waals surface area (Å²) in [5, 5.41) is 9.69. The molecule has 140 valence electrons. The van der Waals surface area contributed by atoms with Gasteiger partial charge in [-0.3, -0.25) is 9.79 Å². The van der Waals surface area contributed by atoms with Crippen LogP contribution in [0.25, 0.3) is 0 Å². The van der Waals surface area contributed by atoms with Gasteiger partial charge in [0, 0.05) is 38.3 Å². The van der Waals surface area contributed by atoms with E-state index < -0.39 is 0 Å². The molecule has 0 spiro atoms. The Labute approximate surface area is 155 Å². The number of hydrogen-bond donors (Lipinski definition) is 3. The third-order valence-electron chi connectivity index (χ3n) is 4.74. The van der Waals surface area contributed by atoms with E-state index in [2.05, 4.69) is 33.1 Å². The number of amides is 1. The highest BCUT2D eigenvalue weighted by molar-refractivity contribution is 5.94. The highest BCUT2D eigenvalue weighted by atomic mass is 16.5. The number of guanidine groups is 1. The van der Waals surface area contributed by atoms with Crippen molar-refractivity contribution >= 4 is 11.9 Å². The van der Waals surface area contributed by atoms with Crippen LogP contribution in [-0.2, 0) is 11.3 Å². The fourth-order valence-corrected chi connectivity index (χ4v) is 3.25. The number of benzene rings is 1. The molecule has 1 amide bonds. The van der Waals surface area contributed by atoms with Crippen molar-refractivity contribution in [1.82, 2.24) is 16.0 Å². The molecule has 1 aromatic rings. The quantitative estimate of drug-likeness (QED) is 0.414. The van der Waals surface area contributed by atoms with Crippen LogP contribution in [0, 0.1) is 0 Å². The van der Waals surface area contributed by atoms with Crippen molar-refractivity contribution in [3.8, 4) is 0 Å². The lowest BCUT2D eigenvalue weighted by Crippen LogP contribution is -2.42. The predicted octanol–water partition coefficient (Wildman–Crippen LogP) is 1.98. The molecule has 1 aliphatic carbocycles. The van der Waals surface area contributed by atoms with Crippen molar-refractivity contribution in [2.75, 3.05) is 20.2 Å². The maximum atomic E-state index is 12.3. The summed E-state index contributed by atoms with van der Waals surface area (Å²) in [7, 11) is 1.77. The van der Waals surface area contributed by atoms with Crippen LogP contribution in [-0.4, -0.2) is 44.2 Å². The number of carbonyl (C=O) groups is 1. The zero-order chi connectivity index (χ0) is 18.2. The van der Waals surface area contributed by atoms with Crippen LogP contribution in [0.15, 0.2) is 41.4 Å². The van der Waals surface area contributed by atoms with E-state index in [1.807, 2.05) is 24.3 Å². The number of hydrogen-bond acceptors (Lipinski definition) is 3. The predicted molar refractivity (Wildman–Crippen MR) is 103 cm³/mol. The summed E-state index contributed by atoms with van der Waals surface area (Å²) < 4.78 is 5.55. The number of rotatable bonds is 6. The summed E-state index contributed by atoms with van der Waals surface area (Å²) in [6.45, 7) is 1.99. The SMILES string of the molecule is CN=C(NCc1cccc(C(=O)NCC2CCCO2)c1)NC1CC=CC1. The van der Waals surface area contributed by atoms with Gasteiger partial charge < -0.3 is 20.7 Å². The van der Waals surface area contributed by atoms with Crippen molar-refractivity contribution in [3.63, 3.8) is 0 Å². The smallest absolute Gasteiger partial charge is 0.251 e. The molecule has 2 aliphatic rings. The molecule has 26 heavy (non-hydrogen) atoms. The third-order valence-corrected chi connectivity index (χ3v) is 4.74. The van der Waals surface area contributed by atoms with Gasteiger partial charge in [0.1, 0.15) is 0 Å². The molecule has 3 N–H and O–H groups in total. The third kappa shape index (κ3) is 5.33. The molecule has 0 aromatic heterocycles. The van der Waals surface area contributed by atoms with Gasteiger partial charge in [-0.2, -0.15) is 0 Å². The molecule has 0 bridgehead atoms. The molecule has 3 rings (SSSR count). The van der Waals surface area contributed by atoms with E-state index in [4.69, 9.17) is 4.74 Å². The van der Waals surface area contributed by atoms with Crippen molar-refractivity contribution in [2.24, 2.45) is 4.99 Å². The largest absolute Gasteiger partial charge is 0.376 e. The topological polar surface area (TPSA) is 74.8 Å². The molecule has 1 atom stereocenters. The molecule has 1 aromatic carbocycles. The maximum Gasteiger partial charge on any atom is 0.251 e. The second kappa shape index (κ2) is 9.38. The molecule has 1 unspecified atom stereocenters. The Morgan fingerprint density at radius 1 is 1.27 bits per heavy atom. The summed E-state index contributed by atoms with van der Waals surface area (Å²) in [6, 6.07) is 8.09. The van der Waals surface area contributed by atoms with Crippen LogP contribution in [0.4, 0.5) is 0 Å². The van der Waals surface area contributed by atoms with Gasteiger partial charge in [0.05, 0.1) is 6.10 Å². The molecule has 1 fully saturated rings. The maximum absolute atomic E-state index is 12.3. The van der Waals surface area contributed by atoms with E-state index in [-0.39, 0.29) is 12.0 Å². The average Bonchev–Trinajstić information content (AvgIpc) is 3.37. The minimum absolute atomic E-state index is 0.0538. The standard InChI is InChI=1S/C20H28N4O2/c1-21-20(24-17-8-2-3-9-17)23-13-15-6-4-7-16(12-15)19(25)22-14-18-10-5-11-26-18/h2-4,6-7,12,17-18H,5,8-11,13-14H2,1H3,(H,22,25)(H2,21,23,24). The highest BCUT2D eigenvalue weighted by Crippen LogP contribution is 2.12. The Bertz CT molecular complexity index is 658. The average molecular weight is 356 g/mol. The normalized spacial score (nSPS) is 20.3. The van der Waals surface area contributed by atoms with E-state index in [1.54, 1.807) is 7.05 Å². The van der Waals surface area contributed by atoms with Crippen LogP contribution in [0.1, 0.15) is 41.6 Å². The van der Waals surface area contributed by atoms with Gasteiger partial charge in [0.15, 0.2) is 5.96 Å². The second-order valence-corrected chi connectivity index (χ2v) is 6.76. The first-order chi connectivity index (χ1) is 12.7. The van der Waals surface area contributed by atoms with Crippen molar-refractivity contribution in [2.45, 2.75) is 44.4 Å². The minimum Gasteiger partial charge on any atom is -0.376 e. The molecule has 1 aliphatic heterocycles. The molecule has 6 nitrogen and oxygen atoms in total. The Morgan fingerprint density at radius 3 is 2.85 bits per heavy atom. The zero-order valence-corrected chi connectivity index (χ0v) is 15.3. The van der Waals surface area contributed by atoms with Gasteiger partial charge in [-0.15, -0.1) is 0 Å². The summed E-state index contributed by atoms with van der Waals surface area (Å²) >= 11 is 0. The van der Waals surface area contributed by atoms with Crippen LogP contribution >= 0.6 is 0 Å². The molecule has 0 saturated carbocycles. The summed E-state index contributed by atoms with van der Waals surface area (Å²) in [5.74, 6) is 0.730. The van der Waals surface area contributed by atoms with Crippen molar-refractivity contribution in [1.29, 1.82) is 0 Å². The summed E-state index contributed by atoms with van der Waals surface area (Å²) in [4.78, 5) is 16.6. The fourth-order valence-electron chi connectivity index (χ4n) is 3.25. The highest BCUT2D eigenvalue weighted by Gasteiger charge is 2.17. The van der Waals surface area contributed by atoms with Gasteiger partial charge in [-0.1, -0.05) is 24.3 Å². The molecule has 1 saturated heterocycles. The van der Waals surface area contributed by atoms with Gasteiger partial charge >= 0.3 is 0 Å². The van der Waals surface area contributed by atoms with Gasteiger partial charge in [0.25, 0.3) is 5.91 Å². The zero-order valence-electron chi connectivity index (χ0n) is 15.3. The number of ether oxygens (including phenoxy) is 1. The van der Waals surface area contributed by atoms with Crippen LogP contribution in [0.2, 0.25) is 0 Å². The Balaban J connectivity index is 1.48. The van der Waals surface area contributed by atoms with Gasteiger partial charge in [-0.05, 0) is 43.4 Å². The van der Waals surface area contributed by atoms with E-state index in [0.29, 0.717) is 24.7 Å². The number of nitrogens with zero attached hydrogens (tertiary/aromatic N) is 1. The Kier molecular flexibility index (Phi) is 6.66. The lowest BCUT2D eigenvalue weighted by atomic mass is 10.1. The molecule has 1 heterocycles. The molecular formula is C20H28N4O2. The van der Waals surface area contributed by atoms with Gasteiger partial charge in [0.2, 0.25) is 0 Å². The first-order valence-corrected chi connectivity index (χ1v) is 9.35. The van der Waals surface area contributed by atoms with Crippen molar-refractivity contribution in [3.05, 3.63) is 47.5 Å². The van der Waals surface area contributed by atoms with E-state index in [0.717, 1.165) is 43.8 Å². The fraction of sp³-hybridized carbons (Fsp3) is 0.500.